The van der Waals surface area contributed by atoms with Crippen LogP contribution in [0.4, 0.5) is 5.69 Å². The molecule has 1 amide bonds. The molecule has 0 aliphatic rings. The molecule has 94 valence electrons. The highest BCUT2D eigenvalue weighted by Crippen LogP contribution is 2.18. The number of rotatable bonds is 3. The summed E-state index contributed by atoms with van der Waals surface area (Å²) in [6.45, 7) is 1.84. The Morgan fingerprint density at radius 1 is 1.44 bits per heavy atom. The normalized spacial score (nSPS) is 12.1. The molecular weight excluding hydrogens is 252 g/mol. The minimum Gasteiger partial charge on any atom is -0.467 e. The first-order valence-corrected chi connectivity index (χ1v) is 5.84. The second-order valence-electron chi connectivity index (χ2n) is 3.98. The summed E-state index contributed by atoms with van der Waals surface area (Å²) in [6, 6.07) is 8.10. The van der Waals surface area contributed by atoms with Crippen LogP contribution in [0.3, 0.4) is 0 Å². The van der Waals surface area contributed by atoms with E-state index in [4.69, 9.17) is 21.8 Å². The highest BCUT2D eigenvalue weighted by molar-refractivity contribution is 6.31. The van der Waals surface area contributed by atoms with Gasteiger partial charge in [0.1, 0.15) is 5.76 Å². The molecule has 1 aromatic carbocycles. The van der Waals surface area contributed by atoms with Crippen molar-refractivity contribution < 1.29 is 9.21 Å². The van der Waals surface area contributed by atoms with Crippen LogP contribution in [0.2, 0.25) is 5.02 Å². The summed E-state index contributed by atoms with van der Waals surface area (Å²) in [5.41, 5.74) is 6.53. The maximum atomic E-state index is 12.0. The smallest absolute Gasteiger partial charge is 0.251 e. The molecule has 5 heteroatoms. The van der Waals surface area contributed by atoms with Crippen LogP contribution in [0.1, 0.15) is 29.1 Å². The summed E-state index contributed by atoms with van der Waals surface area (Å²) >= 11 is 5.85. The fraction of sp³-hybridized carbons (Fsp3) is 0.154. The Balaban J connectivity index is 2.12. The summed E-state index contributed by atoms with van der Waals surface area (Å²) in [7, 11) is 0. The first kappa shape index (κ1) is 12.5. The number of hydrogen-bond acceptors (Lipinski definition) is 3. The van der Waals surface area contributed by atoms with Gasteiger partial charge in [0.25, 0.3) is 5.91 Å². The van der Waals surface area contributed by atoms with Gasteiger partial charge < -0.3 is 15.5 Å². The molecule has 0 spiro atoms. The zero-order valence-corrected chi connectivity index (χ0v) is 10.6. The fourth-order valence-corrected chi connectivity index (χ4v) is 1.88. The molecule has 0 unspecified atom stereocenters. The number of furan rings is 1. The molecule has 0 bridgehead atoms. The monoisotopic (exact) mass is 264 g/mol. The molecule has 3 N–H and O–H groups in total. The fourth-order valence-electron chi connectivity index (χ4n) is 1.63. The predicted octanol–water partition coefficient (Wildman–Crippen LogP) is 3.01. The summed E-state index contributed by atoms with van der Waals surface area (Å²) in [5.74, 6) is 0.450. The Kier molecular flexibility index (Phi) is 3.58. The van der Waals surface area contributed by atoms with Crippen molar-refractivity contribution in [3.8, 4) is 0 Å². The molecular formula is C13H13ClN2O2. The van der Waals surface area contributed by atoms with E-state index in [2.05, 4.69) is 5.32 Å². The predicted molar refractivity (Wildman–Crippen MR) is 70.5 cm³/mol. The number of anilines is 1. The lowest BCUT2D eigenvalue weighted by Gasteiger charge is -2.11. The lowest BCUT2D eigenvalue weighted by Crippen LogP contribution is -2.26. The Hall–Kier alpha value is -1.94. The third kappa shape index (κ3) is 2.84. The van der Waals surface area contributed by atoms with Crippen LogP contribution >= 0.6 is 11.6 Å². The van der Waals surface area contributed by atoms with Gasteiger partial charge in [-0.25, -0.2) is 0 Å². The van der Waals surface area contributed by atoms with Crippen molar-refractivity contribution >= 4 is 23.2 Å². The van der Waals surface area contributed by atoms with Crippen molar-refractivity contribution in [2.45, 2.75) is 13.0 Å². The third-order valence-electron chi connectivity index (χ3n) is 2.50. The van der Waals surface area contributed by atoms with E-state index >= 15 is 0 Å². The molecule has 0 radical (unpaired) electrons. The van der Waals surface area contributed by atoms with Crippen molar-refractivity contribution in [1.29, 1.82) is 0 Å². The minimum atomic E-state index is -0.242. The van der Waals surface area contributed by atoms with Gasteiger partial charge in [-0.05, 0) is 37.3 Å². The first-order chi connectivity index (χ1) is 8.56. The van der Waals surface area contributed by atoms with Crippen LogP contribution in [0.25, 0.3) is 0 Å². The summed E-state index contributed by atoms with van der Waals surface area (Å²) in [5, 5.41) is 3.24. The molecule has 0 aliphatic heterocycles. The molecule has 2 rings (SSSR count). The molecule has 4 nitrogen and oxygen atoms in total. The number of benzene rings is 1. The first-order valence-electron chi connectivity index (χ1n) is 5.46. The largest absolute Gasteiger partial charge is 0.467 e. The third-order valence-corrected chi connectivity index (χ3v) is 2.72. The van der Waals surface area contributed by atoms with E-state index in [0.29, 0.717) is 22.0 Å². The summed E-state index contributed by atoms with van der Waals surface area (Å²) in [6.07, 6.45) is 1.56. The standard InChI is InChI=1S/C13H13ClN2O2/c1-8(12-3-2-4-18-12)16-13(17)9-5-10(14)7-11(15)6-9/h2-8H,15H2,1H3,(H,16,17)/t8-/m0/s1. The Labute approximate surface area is 110 Å². The number of halogens is 1. The molecule has 18 heavy (non-hydrogen) atoms. The highest BCUT2D eigenvalue weighted by Gasteiger charge is 2.14. The van der Waals surface area contributed by atoms with Gasteiger partial charge in [-0.2, -0.15) is 0 Å². The SMILES string of the molecule is C[C@H](NC(=O)c1cc(N)cc(Cl)c1)c1ccco1. The number of hydrogen-bond donors (Lipinski definition) is 2. The van der Waals surface area contributed by atoms with Crippen LogP contribution in [0.5, 0.6) is 0 Å². The van der Waals surface area contributed by atoms with E-state index < -0.39 is 0 Å². The molecule has 2 aromatic rings. The van der Waals surface area contributed by atoms with Crippen molar-refractivity contribution in [1.82, 2.24) is 5.32 Å². The second-order valence-corrected chi connectivity index (χ2v) is 4.42. The maximum Gasteiger partial charge on any atom is 0.251 e. The van der Waals surface area contributed by atoms with Gasteiger partial charge in [0, 0.05) is 16.3 Å². The van der Waals surface area contributed by atoms with Crippen LogP contribution in [-0.4, -0.2) is 5.91 Å². The molecule has 1 heterocycles. The molecule has 0 fully saturated rings. The van der Waals surface area contributed by atoms with Crippen LogP contribution in [0, 0.1) is 0 Å². The Bertz CT molecular complexity index is 532. The number of amides is 1. The van der Waals surface area contributed by atoms with Crippen LogP contribution in [-0.2, 0) is 0 Å². The number of carbonyl (C=O) groups is 1. The number of nitrogens with one attached hydrogen (secondary N) is 1. The van der Waals surface area contributed by atoms with Gasteiger partial charge in [0.2, 0.25) is 0 Å². The van der Waals surface area contributed by atoms with Crippen LogP contribution < -0.4 is 11.1 Å². The number of nitrogens with two attached hydrogens (primary N) is 1. The van der Waals surface area contributed by atoms with E-state index in [9.17, 15) is 4.79 Å². The molecule has 0 aliphatic carbocycles. The summed E-state index contributed by atoms with van der Waals surface area (Å²) in [4.78, 5) is 12.0. The van der Waals surface area contributed by atoms with Crippen molar-refractivity contribution in [3.05, 3.63) is 52.9 Å². The zero-order chi connectivity index (χ0) is 13.1. The average molecular weight is 265 g/mol. The number of nitrogen functional groups attached to an aromatic ring is 1. The molecule has 1 aromatic heterocycles. The molecule has 0 saturated heterocycles. The lowest BCUT2D eigenvalue weighted by atomic mass is 10.1. The van der Waals surface area contributed by atoms with Crippen molar-refractivity contribution in [3.63, 3.8) is 0 Å². The van der Waals surface area contributed by atoms with E-state index in [0.717, 1.165) is 0 Å². The highest BCUT2D eigenvalue weighted by atomic mass is 35.5. The van der Waals surface area contributed by atoms with Gasteiger partial charge in [-0.3, -0.25) is 4.79 Å². The van der Waals surface area contributed by atoms with Crippen LogP contribution in [0.15, 0.2) is 41.0 Å². The maximum absolute atomic E-state index is 12.0. The second kappa shape index (κ2) is 5.14. The zero-order valence-electron chi connectivity index (χ0n) is 9.81. The lowest BCUT2D eigenvalue weighted by molar-refractivity contribution is 0.0935. The quantitative estimate of drug-likeness (QED) is 0.838. The van der Waals surface area contributed by atoms with Gasteiger partial charge in [0.15, 0.2) is 0 Å². The van der Waals surface area contributed by atoms with Crippen molar-refractivity contribution in [2.75, 3.05) is 5.73 Å². The van der Waals surface area contributed by atoms with Gasteiger partial charge in [0.05, 0.1) is 12.3 Å². The topological polar surface area (TPSA) is 68.3 Å². The van der Waals surface area contributed by atoms with E-state index in [1.807, 2.05) is 6.92 Å². The molecule has 0 saturated carbocycles. The van der Waals surface area contributed by atoms with E-state index in [1.54, 1.807) is 36.6 Å². The molecule has 1 atom stereocenters. The van der Waals surface area contributed by atoms with Gasteiger partial charge in [-0.1, -0.05) is 11.6 Å². The van der Waals surface area contributed by atoms with Gasteiger partial charge >= 0.3 is 0 Å². The Morgan fingerprint density at radius 2 is 2.22 bits per heavy atom. The van der Waals surface area contributed by atoms with E-state index in [-0.39, 0.29) is 11.9 Å². The summed E-state index contributed by atoms with van der Waals surface area (Å²) < 4.78 is 5.21. The average Bonchev–Trinajstić information content (AvgIpc) is 2.80. The van der Waals surface area contributed by atoms with E-state index in [1.165, 1.54) is 0 Å². The van der Waals surface area contributed by atoms with Crippen molar-refractivity contribution in [2.24, 2.45) is 0 Å². The Morgan fingerprint density at radius 3 is 2.83 bits per heavy atom. The minimum absolute atomic E-state index is 0.215. The van der Waals surface area contributed by atoms with Gasteiger partial charge in [-0.15, -0.1) is 0 Å². The number of carbonyl (C=O) groups excluding carboxylic acids is 1.